The van der Waals surface area contributed by atoms with E-state index in [2.05, 4.69) is 61.1 Å². The van der Waals surface area contributed by atoms with Gasteiger partial charge in [0, 0.05) is 30.3 Å². The zero-order chi connectivity index (χ0) is 15.0. The molecule has 21 heavy (non-hydrogen) atoms. The highest BCUT2D eigenvalue weighted by molar-refractivity contribution is 5.39. The Bertz CT molecular complexity index is 628. The lowest BCUT2D eigenvalue weighted by Gasteiger charge is -2.25. The van der Waals surface area contributed by atoms with Gasteiger partial charge < -0.3 is 4.74 Å². The van der Waals surface area contributed by atoms with Crippen molar-refractivity contribution in [2.24, 2.45) is 0 Å². The highest BCUT2D eigenvalue weighted by atomic mass is 16.5. The van der Waals surface area contributed by atoms with Crippen LogP contribution in [-0.4, -0.2) is 28.8 Å². The third-order valence-electron chi connectivity index (χ3n) is 4.45. The molecule has 0 saturated carbocycles. The standard InChI is InChI=1S/C17H23N3O/c1-11-17(12(2)19-18-11)13(3)20(4)10-14-5-6-16-15(9-14)7-8-21-16/h5-6,9,13H,7-8,10H2,1-4H3,(H,18,19)/t13-/m1/s1. The van der Waals surface area contributed by atoms with Gasteiger partial charge in [-0.3, -0.25) is 10.00 Å². The summed E-state index contributed by atoms with van der Waals surface area (Å²) in [4.78, 5) is 2.36. The molecule has 1 aromatic carbocycles. The van der Waals surface area contributed by atoms with Crippen molar-refractivity contribution in [3.05, 3.63) is 46.3 Å². The zero-order valence-corrected chi connectivity index (χ0v) is 13.2. The average Bonchev–Trinajstić information content (AvgIpc) is 3.04. The van der Waals surface area contributed by atoms with Crippen LogP contribution in [-0.2, 0) is 13.0 Å². The number of H-pyrrole nitrogens is 1. The average molecular weight is 285 g/mol. The van der Waals surface area contributed by atoms with Crippen LogP contribution in [0.25, 0.3) is 0 Å². The Hall–Kier alpha value is -1.81. The summed E-state index contributed by atoms with van der Waals surface area (Å²) in [6.07, 6.45) is 1.03. The molecule has 1 atom stereocenters. The largest absolute Gasteiger partial charge is 0.493 e. The summed E-state index contributed by atoms with van der Waals surface area (Å²) in [5.41, 5.74) is 6.24. The molecule has 0 radical (unpaired) electrons. The second kappa shape index (κ2) is 5.53. The summed E-state index contributed by atoms with van der Waals surface area (Å²) >= 11 is 0. The van der Waals surface area contributed by atoms with Crippen molar-refractivity contribution in [2.75, 3.05) is 13.7 Å². The molecule has 3 rings (SSSR count). The first kappa shape index (κ1) is 14.1. The van der Waals surface area contributed by atoms with Gasteiger partial charge in [-0.05, 0) is 45.0 Å². The van der Waals surface area contributed by atoms with Crippen molar-refractivity contribution in [1.82, 2.24) is 15.1 Å². The predicted octanol–water partition coefficient (Wildman–Crippen LogP) is 3.15. The first-order valence-corrected chi connectivity index (χ1v) is 7.52. The molecule has 2 aromatic rings. The number of nitrogens with one attached hydrogen (secondary N) is 1. The van der Waals surface area contributed by atoms with E-state index in [1.807, 2.05) is 0 Å². The lowest BCUT2D eigenvalue weighted by atomic mass is 10.0. The molecule has 112 valence electrons. The number of hydrogen-bond acceptors (Lipinski definition) is 3. The van der Waals surface area contributed by atoms with Gasteiger partial charge in [0.2, 0.25) is 0 Å². The number of benzene rings is 1. The van der Waals surface area contributed by atoms with Gasteiger partial charge in [0.15, 0.2) is 0 Å². The summed E-state index contributed by atoms with van der Waals surface area (Å²) in [5, 5.41) is 7.38. The molecule has 0 amide bonds. The van der Waals surface area contributed by atoms with E-state index in [-0.39, 0.29) is 0 Å². The zero-order valence-electron chi connectivity index (χ0n) is 13.2. The van der Waals surface area contributed by atoms with Gasteiger partial charge in [-0.2, -0.15) is 5.10 Å². The molecule has 0 saturated heterocycles. The van der Waals surface area contributed by atoms with Crippen LogP contribution in [0.1, 0.15) is 41.0 Å². The van der Waals surface area contributed by atoms with Crippen LogP contribution in [0.15, 0.2) is 18.2 Å². The Kier molecular flexibility index (Phi) is 3.72. The maximum Gasteiger partial charge on any atom is 0.122 e. The number of aryl methyl sites for hydroxylation is 2. The maximum atomic E-state index is 5.57. The van der Waals surface area contributed by atoms with Crippen LogP contribution in [0.4, 0.5) is 0 Å². The molecule has 0 aliphatic carbocycles. The number of fused-ring (bicyclic) bond motifs is 1. The molecule has 0 bridgehead atoms. The van der Waals surface area contributed by atoms with Crippen molar-refractivity contribution < 1.29 is 4.74 Å². The minimum absolute atomic E-state index is 0.341. The smallest absolute Gasteiger partial charge is 0.122 e. The van der Waals surface area contributed by atoms with Crippen molar-refractivity contribution >= 4 is 0 Å². The predicted molar refractivity (Wildman–Crippen MR) is 83.6 cm³/mol. The summed E-state index contributed by atoms with van der Waals surface area (Å²) < 4.78 is 5.57. The van der Waals surface area contributed by atoms with E-state index in [0.717, 1.165) is 36.7 Å². The Balaban J connectivity index is 1.75. The number of aromatic nitrogens is 2. The fourth-order valence-electron chi connectivity index (χ4n) is 3.16. The summed E-state index contributed by atoms with van der Waals surface area (Å²) in [7, 11) is 2.17. The van der Waals surface area contributed by atoms with E-state index < -0.39 is 0 Å². The van der Waals surface area contributed by atoms with Crippen molar-refractivity contribution in [1.29, 1.82) is 0 Å². The van der Waals surface area contributed by atoms with Gasteiger partial charge in [-0.25, -0.2) is 0 Å². The summed E-state index contributed by atoms with van der Waals surface area (Å²) in [6.45, 7) is 8.14. The number of rotatable bonds is 4. The number of nitrogens with zero attached hydrogens (tertiary/aromatic N) is 2. The number of aromatic amines is 1. The molecule has 0 spiro atoms. The molecule has 0 fully saturated rings. The van der Waals surface area contributed by atoms with Gasteiger partial charge in [0.1, 0.15) is 5.75 Å². The molecular formula is C17H23N3O. The molecule has 0 unspecified atom stereocenters. The van der Waals surface area contributed by atoms with Crippen molar-refractivity contribution in [2.45, 2.75) is 39.8 Å². The topological polar surface area (TPSA) is 41.2 Å². The highest BCUT2D eigenvalue weighted by Gasteiger charge is 2.19. The molecule has 1 aromatic heterocycles. The minimum atomic E-state index is 0.341. The highest BCUT2D eigenvalue weighted by Crippen LogP contribution is 2.28. The first-order valence-electron chi connectivity index (χ1n) is 7.52. The van der Waals surface area contributed by atoms with Crippen LogP contribution in [0.5, 0.6) is 5.75 Å². The van der Waals surface area contributed by atoms with Gasteiger partial charge in [0.05, 0.1) is 12.3 Å². The fraction of sp³-hybridized carbons (Fsp3) is 0.471. The van der Waals surface area contributed by atoms with E-state index in [4.69, 9.17) is 4.74 Å². The van der Waals surface area contributed by atoms with Crippen molar-refractivity contribution in [3.63, 3.8) is 0 Å². The maximum absolute atomic E-state index is 5.57. The quantitative estimate of drug-likeness (QED) is 0.938. The fourth-order valence-corrected chi connectivity index (χ4v) is 3.16. The molecular weight excluding hydrogens is 262 g/mol. The monoisotopic (exact) mass is 285 g/mol. The van der Waals surface area contributed by atoms with Gasteiger partial charge in [0.25, 0.3) is 0 Å². The molecule has 1 N–H and O–H groups in total. The van der Waals surface area contributed by atoms with E-state index in [9.17, 15) is 0 Å². The van der Waals surface area contributed by atoms with E-state index >= 15 is 0 Å². The number of hydrogen-bond donors (Lipinski definition) is 1. The normalized spacial score (nSPS) is 15.1. The van der Waals surface area contributed by atoms with Crippen LogP contribution >= 0.6 is 0 Å². The van der Waals surface area contributed by atoms with Gasteiger partial charge in [-0.1, -0.05) is 12.1 Å². The Labute approximate surface area is 126 Å². The Morgan fingerprint density at radius 1 is 1.38 bits per heavy atom. The molecule has 4 nitrogen and oxygen atoms in total. The van der Waals surface area contributed by atoms with Gasteiger partial charge >= 0.3 is 0 Å². The second-order valence-electron chi connectivity index (χ2n) is 5.98. The molecule has 2 heterocycles. The molecule has 1 aliphatic heterocycles. The molecule has 1 aliphatic rings. The lowest BCUT2D eigenvalue weighted by molar-refractivity contribution is 0.251. The van der Waals surface area contributed by atoms with Gasteiger partial charge in [-0.15, -0.1) is 0 Å². The van der Waals surface area contributed by atoms with Crippen molar-refractivity contribution in [3.8, 4) is 5.75 Å². The minimum Gasteiger partial charge on any atom is -0.493 e. The summed E-state index contributed by atoms with van der Waals surface area (Å²) in [5.74, 6) is 1.05. The van der Waals surface area contributed by atoms with Crippen LogP contribution in [0.3, 0.4) is 0 Å². The first-order chi connectivity index (χ1) is 10.1. The van der Waals surface area contributed by atoms with E-state index in [0.29, 0.717) is 6.04 Å². The Morgan fingerprint density at radius 3 is 2.90 bits per heavy atom. The van der Waals surface area contributed by atoms with E-state index in [1.165, 1.54) is 16.7 Å². The van der Waals surface area contributed by atoms with Crippen LogP contribution in [0.2, 0.25) is 0 Å². The summed E-state index contributed by atoms with van der Waals surface area (Å²) in [6, 6.07) is 6.89. The third kappa shape index (κ3) is 2.68. The number of ether oxygens (including phenoxy) is 1. The lowest BCUT2D eigenvalue weighted by Crippen LogP contribution is -2.22. The van der Waals surface area contributed by atoms with E-state index in [1.54, 1.807) is 0 Å². The van der Waals surface area contributed by atoms with Crippen LogP contribution < -0.4 is 4.74 Å². The third-order valence-corrected chi connectivity index (χ3v) is 4.45. The SMILES string of the molecule is Cc1n[nH]c(C)c1[C@@H](C)N(C)Cc1ccc2c(c1)CCO2. The Morgan fingerprint density at radius 2 is 2.19 bits per heavy atom. The second-order valence-corrected chi connectivity index (χ2v) is 5.98. The van der Waals surface area contributed by atoms with Crippen LogP contribution in [0, 0.1) is 13.8 Å². The molecule has 4 heteroatoms.